The SMILES string of the molecule is CN=C(NCCC(=O)OC(C)C)N1CCC(c2ccc(OC)cc2)C1.I. The van der Waals surface area contributed by atoms with E-state index in [0.717, 1.165) is 31.2 Å². The Hall–Kier alpha value is -1.51. The largest absolute Gasteiger partial charge is 0.497 e. The fourth-order valence-electron chi connectivity index (χ4n) is 3.03. The number of benzene rings is 1. The van der Waals surface area contributed by atoms with Gasteiger partial charge in [0.15, 0.2) is 5.96 Å². The van der Waals surface area contributed by atoms with Crippen LogP contribution in [0.2, 0.25) is 0 Å². The Labute approximate surface area is 173 Å². The maximum absolute atomic E-state index is 11.6. The lowest BCUT2D eigenvalue weighted by Gasteiger charge is -2.21. The van der Waals surface area contributed by atoms with Gasteiger partial charge in [-0.1, -0.05) is 12.1 Å². The Morgan fingerprint density at radius 2 is 2.04 bits per heavy atom. The quantitative estimate of drug-likeness (QED) is 0.297. The normalized spacial score (nSPS) is 17.0. The minimum absolute atomic E-state index is 0. The van der Waals surface area contributed by atoms with E-state index in [-0.39, 0.29) is 36.0 Å². The summed E-state index contributed by atoms with van der Waals surface area (Å²) in [5.74, 6) is 2.02. The number of methoxy groups -OCH3 is 1. The molecular weight excluding hydrogens is 445 g/mol. The van der Waals surface area contributed by atoms with Crippen molar-refractivity contribution in [2.75, 3.05) is 33.8 Å². The number of esters is 1. The van der Waals surface area contributed by atoms with E-state index in [0.29, 0.717) is 18.9 Å². The van der Waals surface area contributed by atoms with Gasteiger partial charge in [-0.2, -0.15) is 0 Å². The van der Waals surface area contributed by atoms with Gasteiger partial charge in [0.2, 0.25) is 0 Å². The number of likely N-dealkylation sites (tertiary alicyclic amines) is 1. The number of carbonyl (C=O) groups excluding carboxylic acids is 1. The van der Waals surface area contributed by atoms with Crippen LogP contribution >= 0.6 is 24.0 Å². The molecule has 0 spiro atoms. The van der Waals surface area contributed by atoms with Crippen LogP contribution in [0, 0.1) is 0 Å². The van der Waals surface area contributed by atoms with Gasteiger partial charge in [-0.25, -0.2) is 0 Å². The molecule has 1 unspecified atom stereocenters. The zero-order valence-electron chi connectivity index (χ0n) is 16.0. The summed E-state index contributed by atoms with van der Waals surface area (Å²) in [6.45, 7) is 6.11. The summed E-state index contributed by atoms with van der Waals surface area (Å²) in [5.41, 5.74) is 1.32. The number of nitrogens with one attached hydrogen (secondary N) is 1. The van der Waals surface area contributed by atoms with E-state index in [1.54, 1.807) is 14.2 Å². The zero-order chi connectivity index (χ0) is 18.2. The third-order valence-corrected chi connectivity index (χ3v) is 4.27. The van der Waals surface area contributed by atoms with Crippen molar-refractivity contribution in [3.05, 3.63) is 29.8 Å². The van der Waals surface area contributed by atoms with Gasteiger partial charge in [-0.05, 0) is 38.0 Å². The molecule has 6 nitrogen and oxygen atoms in total. The third kappa shape index (κ3) is 6.66. The van der Waals surface area contributed by atoms with Gasteiger partial charge in [0.25, 0.3) is 0 Å². The second-order valence-electron chi connectivity index (χ2n) is 6.47. The summed E-state index contributed by atoms with van der Waals surface area (Å²) in [6, 6.07) is 8.27. The molecular formula is C19H30IN3O3. The van der Waals surface area contributed by atoms with Crippen LogP contribution in [0.25, 0.3) is 0 Å². The van der Waals surface area contributed by atoms with Crippen molar-refractivity contribution in [1.29, 1.82) is 0 Å². The van der Waals surface area contributed by atoms with Crippen LogP contribution in [0.1, 0.15) is 38.2 Å². The van der Waals surface area contributed by atoms with Crippen LogP contribution in [0.15, 0.2) is 29.3 Å². The Morgan fingerprint density at radius 1 is 1.35 bits per heavy atom. The molecule has 1 N–H and O–H groups in total. The predicted molar refractivity (Wildman–Crippen MR) is 115 cm³/mol. The molecule has 0 bridgehead atoms. The van der Waals surface area contributed by atoms with E-state index in [2.05, 4.69) is 27.3 Å². The fourth-order valence-corrected chi connectivity index (χ4v) is 3.03. The van der Waals surface area contributed by atoms with E-state index in [9.17, 15) is 4.79 Å². The van der Waals surface area contributed by atoms with E-state index in [1.165, 1.54) is 5.56 Å². The minimum atomic E-state index is -0.185. The van der Waals surface area contributed by atoms with E-state index in [1.807, 2.05) is 26.0 Å². The minimum Gasteiger partial charge on any atom is -0.497 e. The standard InChI is InChI=1S/C19H29N3O3.HI/c1-14(2)25-18(23)9-11-21-19(20-3)22-12-10-16(13-22)15-5-7-17(24-4)8-6-15;/h5-8,14,16H,9-13H2,1-4H3,(H,20,21);1H. The first-order valence-electron chi connectivity index (χ1n) is 8.82. The first-order chi connectivity index (χ1) is 12.0. The van der Waals surface area contributed by atoms with Crippen LogP contribution in [-0.2, 0) is 9.53 Å². The lowest BCUT2D eigenvalue weighted by molar-refractivity contribution is -0.147. The van der Waals surface area contributed by atoms with Crippen molar-refractivity contribution < 1.29 is 14.3 Å². The summed E-state index contributed by atoms with van der Waals surface area (Å²) in [7, 11) is 3.45. The summed E-state index contributed by atoms with van der Waals surface area (Å²) >= 11 is 0. The Bertz CT molecular complexity index is 590. The summed E-state index contributed by atoms with van der Waals surface area (Å²) in [5, 5.41) is 3.26. The van der Waals surface area contributed by atoms with Gasteiger partial charge in [-0.15, -0.1) is 24.0 Å². The molecule has 7 heteroatoms. The van der Waals surface area contributed by atoms with Crippen molar-refractivity contribution in [3.63, 3.8) is 0 Å². The van der Waals surface area contributed by atoms with Crippen molar-refractivity contribution in [2.24, 2.45) is 4.99 Å². The molecule has 2 rings (SSSR count). The maximum atomic E-state index is 11.6. The van der Waals surface area contributed by atoms with Gasteiger partial charge in [0.05, 0.1) is 19.6 Å². The molecule has 0 aliphatic carbocycles. The number of guanidine groups is 1. The lowest BCUT2D eigenvalue weighted by atomic mass is 9.98. The second-order valence-corrected chi connectivity index (χ2v) is 6.47. The Kier molecular flexibility index (Phi) is 9.75. The number of rotatable bonds is 6. The van der Waals surface area contributed by atoms with Gasteiger partial charge in [0.1, 0.15) is 5.75 Å². The smallest absolute Gasteiger partial charge is 0.307 e. The van der Waals surface area contributed by atoms with Crippen LogP contribution in [0.4, 0.5) is 0 Å². The molecule has 1 heterocycles. The molecule has 0 radical (unpaired) electrons. The molecule has 146 valence electrons. The number of hydrogen-bond acceptors (Lipinski definition) is 4. The molecule has 1 fully saturated rings. The molecule has 1 aliphatic rings. The third-order valence-electron chi connectivity index (χ3n) is 4.27. The van der Waals surface area contributed by atoms with E-state index < -0.39 is 0 Å². The first-order valence-corrected chi connectivity index (χ1v) is 8.82. The molecule has 1 aromatic carbocycles. The highest BCUT2D eigenvalue weighted by molar-refractivity contribution is 14.0. The van der Waals surface area contributed by atoms with Crippen LogP contribution in [-0.4, -0.2) is 56.7 Å². The van der Waals surface area contributed by atoms with Crippen LogP contribution in [0.3, 0.4) is 0 Å². The molecule has 1 aliphatic heterocycles. The predicted octanol–water partition coefficient (Wildman–Crippen LogP) is 3.02. The lowest BCUT2D eigenvalue weighted by Crippen LogP contribution is -2.40. The summed E-state index contributed by atoms with van der Waals surface area (Å²) in [4.78, 5) is 18.2. The average molecular weight is 475 g/mol. The molecule has 0 amide bonds. The Balaban J connectivity index is 0.00000338. The highest BCUT2D eigenvalue weighted by atomic mass is 127. The summed E-state index contributed by atoms with van der Waals surface area (Å²) < 4.78 is 10.4. The van der Waals surface area contributed by atoms with Gasteiger partial charge in [-0.3, -0.25) is 9.79 Å². The van der Waals surface area contributed by atoms with E-state index in [4.69, 9.17) is 9.47 Å². The monoisotopic (exact) mass is 475 g/mol. The number of ether oxygens (including phenoxy) is 2. The van der Waals surface area contributed by atoms with Crippen molar-refractivity contribution >= 4 is 35.9 Å². The highest BCUT2D eigenvalue weighted by Crippen LogP contribution is 2.28. The molecule has 0 aromatic heterocycles. The molecule has 1 saturated heterocycles. The molecule has 1 atom stereocenters. The number of carbonyl (C=O) groups is 1. The topological polar surface area (TPSA) is 63.2 Å². The maximum Gasteiger partial charge on any atom is 0.307 e. The van der Waals surface area contributed by atoms with Gasteiger partial charge in [0, 0.05) is 32.6 Å². The molecule has 0 saturated carbocycles. The van der Waals surface area contributed by atoms with Crippen molar-refractivity contribution in [2.45, 2.75) is 38.7 Å². The number of hydrogen-bond donors (Lipinski definition) is 1. The highest BCUT2D eigenvalue weighted by Gasteiger charge is 2.26. The van der Waals surface area contributed by atoms with Crippen molar-refractivity contribution in [3.8, 4) is 5.75 Å². The number of nitrogens with zero attached hydrogens (tertiary/aromatic N) is 2. The summed E-state index contributed by atoms with van der Waals surface area (Å²) in [6.07, 6.45) is 1.35. The zero-order valence-corrected chi connectivity index (χ0v) is 18.4. The van der Waals surface area contributed by atoms with Crippen LogP contribution < -0.4 is 10.1 Å². The Morgan fingerprint density at radius 3 is 2.62 bits per heavy atom. The fraction of sp³-hybridized carbons (Fsp3) is 0.579. The molecule has 26 heavy (non-hydrogen) atoms. The first kappa shape index (κ1) is 22.5. The average Bonchev–Trinajstić information content (AvgIpc) is 3.08. The van der Waals surface area contributed by atoms with Gasteiger partial charge >= 0.3 is 5.97 Å². The molecule has 1 aromatic rings. The van der Waals surface area contributed by atoms with Crippen LogP contribution in [0.5, 0.6) is 5.75 Å². The van der Waals surface area contributed by atoms with Gasteiger partial charge < -0.3 is 19.7 Å². The van der Waals surface area contributed by atoms with Crippen molar-refractivity contribution in [1.82, 2.24) is 10.2 Å². The van der Waals surface area contributed by atoms with E-state index >= 15 is 0 Å². The number of halogens is 1. The number of aliphatic imine (C=N–C) groups is 1. The second kappa shape index (κ2) is 11.3.